The van der Waals surface area contributed by atoms with Gasteiger partial charge in [-0.1, -0.05) is 35.3 Å². The Balaban J connectivity index is 1.87. The van der Waals surface area contributed by atoms with Gasteiger partial charge in [0.2, 0.25) is 0 Å². The molecule has 0 aliphatic carbocycles. The van der Waals surface area contributed by atoms with Crippen LogP contribution in [0.15, 0.2) is 52.9 Å². The number of halogens is 2. The second-order valence-corrected chi connectivity index (χ2v) is 6.10. The second-order valence-electron chi connectivity index (χ2n) is 5.28. The van der Waals surface area contributed by atoms with Crippen LogP contribution in [0, 0.1) is 0 Å². The third-order valence-corrected chi connectivity index (χ3v) is 4.32. The van der Waals surface area contributed by atoms with Gasteiger partial charge in [-0.15, -0.1) is 0 Å². The van der Waals surface area contributed by atoms with Crippen LogP contribution in [0.25, 0.3) is 11.3 Å². The van der Waals surface area contributed by atoms with E-state index in [1.54, 1.807) is 30.3 Å². The lowest BCUT2D eigenvalue weighted by Crippen LogP contribution is -2.12. The van der Waals surface area contributed by atoms with E-state index >= 15 is 0 Å². The van der Waals surface area contributed by atoms with Gasteiger partial charge in [0.05, 0.1) is 30.0 Å². The highest BCUT2D eigenvalue weighted by Gasteiger charge is 2.17. The number of rotatable bonds is 5. The van der Waals surface area contributed by atoms with Crippen LogP contribution >= 0.6 is 23.2 Å². The van der Waals surface area contributed by atoms with Crippen molar-refractivity contribution < 1.29 is 18.7 Å². The van der Waals surface area contributed by atoms with Gasteiger partial charge in [-0.2, -0.15) is 0 Å². The molecule has 1 aromatic heterocycles. The minimum Gasteiger partial charge on any atom is -0.495 e. The molecule has 0 saturated heterocycles. The first kappa shape index (κ1) is 18.2. The average molecular weight is 392 g/mol. The highest BCUT2D eigenvalue weighted by molar-refractivity contribution is 6.33. The quantitative estimate of drug-likeness (QED) is 0.621. The zero-order valence-electron chi connectivity index (χ0n) is 14.0. The summed E-state index contributed by atoms with van der Waals surface area (Å²) in [5.41, 5.74) is 1.12. The number of benzene rings is 2. The minimum absolute atomic E-state index is 0.135. The SMILES string of the molecule is COc1cc(NC(=O)c2ccc(-c3ccccc3Cl)o2)c(OC)cc1Cl. The summed E-state index contributed by atoms with van der Waals surface area (Å²) >= 11 is 12.2. The maximum absolute atomic E-state index is 12.5. The van der Waals surface area contributed by atoms with Crippen LogP contribution in [0.1, 0.15) is 10.6 Å². The minimum atomic E-state index is -0.439. The lowest BCUT2D eigenvalue weighted by Gasteiger charge is -2.12. The molecule has 0 aliphatic rings. The number of anilines is 1. The summed E-state index contributed by atoms with van der Waals surface area (Å²) in [7, 11) is 2.97. The van der Waals surface area contributed by atoms with Crippen LogP contribution in [0.2, 0.25) is 10.0 Å². The van der Waals surface area contributed by atoms with Gasteiger partial charge in [0.25, 0.3) is 5.91 Å². The lowest BCUT2D eigenvalue weighted by molar-refractivity contribution is 0.0997. The average Bonchev–Trinajstić information content (AvgIpc) is 3.13. The molecule has 0 bridgehead atoms. The molecule has 0 radical (unpaired) electrons. The van der Waals surface area contributed by atoms with Gasteiger partial charge in [-0.05, 0) is 24.3 Å². The third-order valence-electron chi connectivity index (χ3n) is 3.69. The largest absolute Gasteiger partial charge is 0.495 e. The topological polar surface area (TPSA) is 60.7 Å². The third kappa shape index (κ3) is 3.64. The summed E-state index contributed by atoms with van der Waals surface area (Å²) in [6.07, 6.45) is 0. The number of carbonyl (C=O) groups is 1. The summed E-state index contributed by atoms with van der Waals surface area (Å²) in [6, 6.07) is 13.6. The van der Waals surface area contributed by atoms with Gasteiger partial charge in [-0.25, -0.2) is 0 Å². The van der Waals surface area contributed by atoms with Gasteiger partial charge in [0, 0.05) is 17.7 Å². The van der Waals surface area contributed by atoms with Crippen LogP contribution in [0.5, 0.6) is 11.5 Å². The molecule has 0 saturated carbocycles. The molecule has 0 aliphatic heterocycles. The van der Waals surface area contributed by atoms with Crippen LogP contribution in [0.4, 0.5) is 5.69 Å². The number of nitrogens with one attached hydrogen (secondary N) is 1. The number of methoxy groups -OCH3 is 2. The van der Waals surface area contributed by atoms with E-state index in [2.05, 4.69) is 5.32 Å². The van der Waals surface area contributed by atoms with Crippen LogP contribution < -0.4 is 14.8 Å². The molecule has 2 aromatic carbocycles. The highest BCUT2D eigenvalue weighted by Crippen LogP contribution is 2.36. The Bertz CT molecular complexity index is 952. The van der Waals surface area contributed by atoms with Crippen molar-refractivity contribution in [3.63, 3.8) is 0 Å². The Kier molecular flexibility index (Phi) is 5.40. The van der Waals surface area contributed by atoms with E-state index in [0.29, 0.717) is 38.6 Å². The molecule has 0 unspecified atom stereocenters. The maximum atomic E-state index is 12.5. The predicted molar refractivity (Wildman–Crippen MR) is 102 cm³/mol. The number of amides is 1. The number of ether oxygens (including phenoxy) is 2. The summed E-state index contributed by atoms with van der Waals surface area (Å²) in [6.45, 7) is 0. The van der Waals surface area contributed by atoms with Crippen molar-refractivity contribution in [2.75, 3.05) is 19.5 Å². The molecule has 1 amide bonds. The smallest absolute Gasteiger partial charge is 0.291 e. The van der Waals surface area contributed by atoms with E-state index in [1.165, 1.54) is 14.2 Å². The molecular weight excluding hydrogens is 377 g/mol. The number of furan rings is 1. The van der Waals surface area contributed by atoms with Crippen molar-refractivity contribution in [1.82, 2.24) is 0 Å². The van der Waals surface area contributed by atoms with E-state index in [9.17, 15) is 4.79 Å². The van der Waals surface area contributed by atoms with Crippen LogP contribution in [-0.4, -0.2) is 20.1 Å². The van der Waals surface area contributed by atoms with Gasteiger partial charge in [0.1, 0.15) is 17.3 Å². The summed E-state index contributed by atoms with van der Waals surface area (Å²) < 4.78 is 16.1. The molecule has 3 aromatic rings. The van der Waals surface area contributed by atoms with Crippen LogP contribution in [-0.2, 0) is 0 Å². The first-order chi connectivity index (χ1) is 12.5. The molecule has 3 rings (SSSR count). The van der Waals surface area contributed by atoms with Crippen molar-refractivity contribution >= 4 is 34.8 Å². The summed E-state index contributed by atoms with van der Waals surface area (Å²) in [5, 5.41) is 3.65. The maximum Gasteiger partial charge on any atom is 0.291 e. The first-order valence-corrected chi connectivity index (χ1v) is 8.36. The molecule has 0 fully saturated rings. The van der Waals surface area contributed by atoms with E-state index in [1.807, 2.05) is 18.2 Å². The van der Waals surface area contributed by atoms with E-state index in [-0.39, 0.29) is 5.76 Å². The Labute approximate surface area is 160 Å². The fraction of sp³-hybridized carbons (Fsp3) is 0.105. The van der Waals surface area contributed by atoms with E-state index < -0.39 is 5.91 Å². The Morgan fingerprint density at radius 1 is 0.962 bits per heavy atom. The molecule has 7 heteroatoms. The zero-order chi connectivity index (χ0) is 18.7. The van der Waals surface area contributed by atoms with Gasteiger partial charge < -0.3 is 19.2 Å². The number of hydrogen-bond donors (Lipinski definition) is 1. The molecule has 0 spiro atoms. The van der Waals surface area contributed by atoms with Crippen molar-refractivity contribution in [2.45, 2.75) is 0 Å². The molecule has 1 N–H and O–H groups in total. The fourth-order valence-corrected chi connectivity index (χ4v) is 2.87. The van der Waals surface area contributed by atoms with Crippen molar-refractivity contribution in [2.24, 2.45) is 0 Å². The van der Waals surface area contributed by atoms with Crippen molar-refractivity contribution in [1.29, 1.82) is 0 Å². The molecule has 1 heterocycles. The lowest BCUT2D eigenvalue weighted by atomic mass is 10.2. The van der Waals surface area contributed by atoms with Crippen molar-refractivity contribution in [3.05, 3.63) is 64.3 Å². The molecule has 5 nitrogen and oxygen atoms in total. The molecular formula is C19H15Cl2NO4. The zero-order valence-corrected chi connectivity index (χ0v) is 15.5. The van der Waals surface area contributed by atoms with Gasteiger partial charge >= 0.3 is 0 Å². The summed E-state index contributed by atoms with van der Waals surface area (Å²) in [4.78, 5) is 12.5. The Hall–Kier alpha value is -2.63. The standard InChI is InChI=1S/C19H15Cl2NO4/c1-24-17-10-14(18(25-2)9-13(17)21)22-19(23)16-8-7-15(26-16)11-5-3-4-6-12(11)20/h3-10H,1-2H3,(H,22,23). The molecule has 134 valence electrons. The number of hydrogen-bond acceptors (Lipinski definition) is 4. The Morgan fingerprint density at radius 2 is 1.69 bits per heavy atom. The molecule has 26 heavy (non-hydrogen) atoms. The van der Waals surface area contributed by atoms with Gasteiger partial charge in [-0.3, -0.25) is 4.79 Å². The highest BCUT2D eigenvalue weighted by atomic mass is 35.5. The van der Waals surface area contributed by atoms with Gasteiger partial charge in [0.15, 0.2) is 5.76 Å². The Morgan fingerprint density at radius 3 is 2.38 bits per heavy atom. The fourth-order valence-electron chi connectivity index (χ4n) is 2.41. The normalized spacial score (nSPS) is 10.5. The molecule has 0 atom stereocenters. The second kappa shape index (κ2) is 7.72. The van der Waals surface area contributed by atoms with E-state index in [0.717, 1.165) is 0 Å². The summed E-state index contributed by atoms with van der Waals surface area (Å²) in [5.74, 6) is 1.02. The van der Waals surface area contributed by atoms with Crippen molar-refractivity contribution in [3.8, 4) is 22.8 Å². The first-order valence-electron chi connectivity index (χ1n) is 7.61. The number of carbonyl (C=O) groups excluding carboxylic acids is 1. The monoisotopic (exact) mass is 391 g/mol. The van der Waals surface area contributed by atoms with Crippen LogP contribution in [0.3, 0.4) is 0 Å². The van der Waals surface area contributed by atoms with E-state index in [4.69, 9.17) is 37.1 Å². The predicted octanol–water partition coefficient (Wildman–Crippen LogP) is 5.52.